The first-order valence-electron chi connectivity index (χ1n) is 5.25. The first kappa shape index (κ1) is 11.8. The minimum Gasteiger partial charge on any atom is -0.450 e. The third-order valence-electron chi connectivity index (χ3n) is 1.98. The highest BCUT2D eigenvalue weighted by atomic mass is 16.5. The zero-order valence-corrected chi connectivity index (χ0v) is 9.58. The number of nitrogens with one attached hydrogen (secondary N) is 2. The molecule has 2 N–H and O–H groups in total. The van der Waals surface area contributed by atoms with E-state index < -0.39 is 11.8 Å². The maximum Gasteiger partial charge on any atom is 0.414 e. The third-order valence-corrected chi connectivity index (χ3v) is 1.98. The molecule has 2 rings (SSSR count). The van der Waals surface area contributed by atoms with Gasteiger partial charge in [0.2, 0.25) is 5.95 Å². The summed E-state index contributed by atoms with van der Waals surface area (Å²) in [5.41, 5.74) is -0.500. The normalized spacial score (nSPS) is 10.1. The second kappa shape index (κ2) is 5.13. The Morgan fingerprint density at radius 1 is 1.56 bits per heavy atom. The van der Waals surface area contributed by atoms with E-state index in [9.17, 15) is 9.59 Å². The molecule has 0 saturated carbocycles. The number of carbonyl (C=O) groups excluding carboxylic acids is 1. The van der Waals surface area contributed by atoms with E-state index in [1.165, 1.54) is 6.20 Å². The predicted octanol–water partition coefficient (Wildman–Crippen LogP) is 0.524. The molecule has 2 aromatic heterocycles. The molecular weight excluding hydrogens is 238 g/mol. The van der Waals surface area contributed by atoms with Crippen LogP contribution in [-0.4, -0.2) is 32.4 Å². The Hall–Kier alpha value is -2.64. The number of H-pyrrole nitrogens is 1. The number of rotatable bonds is 3. The van der Waals surface area contributed by atoms with Crippen LogP contribution in [0, 0.1) is 0 Å². The van der Waals surface area contributed by atoms with Gasteiger partial charge in [-0.05, 0) is 19.1 Å². The number of pyridine rings is 1. The van der Waals surface area contributed by atoms with Crippen LogP contribution in [-0.2, 0) is 4.74 Å². The average Bonchev–Trinajstić information content (AvgIpc) is 2.71. The van der Waals surface area contributed by atoms with E-state index in [1.807, 2.05) is 0 Å². The molecule has 8 nitrogen and oxygen atoms in total. The summed E-state index contributed by atoms with van der Waals surface area (Å²) >= 11 is 0. The molecule has 0 aromatic carbocycles. The van der Waals surface area contributed by atoms with Gasteiger partial charge in [-0.3, -0.25) is 10.3 Å². The lowest BCUT2D eigenvalue weighted by molar-refractivity contribution is 0.167. The maximum atomic E-state index is 11.6. The Bertz CT molecular complexity index is 589. The van der Waals surface area contributed by atoms with Crippen LogP contribution in [0.15, 0.2) is 29.2 Å². The molecule has 2 aromatic rings. The zero-order valence-electron chi connectivity index (χ0n) is 9.58. The summed E-state index contributed by atoms with van der Waals surface area (Å²) in [5.74, 6) is 0.361. The van der Waals surface area contributed by atoms with Gasteiger partial charge >= 0.3 is 11.8 Å². The van der Waals surface area contributed by atoms with Gasteiger partial charge in [0.05, 0.1) is 6.61 Å². The molecule has 0 atom stereocenters. The van der Waals surface area contributed by atoms with Crippen LogP contribution in [0.25, 0.3) is 5.82 Å². The van der Waals surface area contributed by atoms with Gasteiger partial charge in [-0.25, -0.2) is 14.6 Å². The number of ether oxygens (including phenoxy) is 1. The quantitative estimate of drug-likeness (QED) is 0.825. The van der Waals surface area contributed by atoms with Crippen molar-refractivity contribution >= 4 is 12.0 Å². The molecule has 0 radical (unpaired) electrons. The van der Waals surface area contributed by atoms with Crippen molar-refractivity contribution in [3.63, 3.8) is 0 Å². The number of nitrogens with zero attached hydrogens (tertiary/aromatic N) is 3. The molecule has 0 bridgehead atoms. The average molecular weight is 249 g/mol. The fraction of sp³-hybridized carbons (Fsp3) is 0.200. The van der Waals surface area contributed by atoms with Gasteiger partial charge in [0, 0.05) is 6.20 Å². The Balaban J connectivity index is 2.23. The van der Waals surface area contributed by atoms with Gasteiger partial charge in [0.1, 0.15) is 0 Å². The van der Waals surface area contributed by atoms with E-state index in [4.69, 9.17) is 0 Å². The van der Waals surface area contributed by atoms with Crippen LogP contribution >= 0.6 is 0 Å². The highest BCUT2D eigenvalue weighted by Crippen LogP contribution is 2.00. The number of aromatic nitrogens is 4. The summed E-state index contributed by atoms with van der Waals surface area (Å²) in [6.45, 7) is 1.91. The summed E-state index contributed by atoms with van der Waals surface area (Å²) in [6.07, 6.45) is 0.856. The van der Waals surface area contributed by atoms with E-state index in [2.05, 4.69) is 25.1 Å². The molecule has 0 aliphatic carbocycles. The van der Waals surface area contributed by atoms with Crippen molar-refractivity contribution in [1.82, 2.24) is 19.7 Å². The molecule has 0 aliphatic rings. The van der Waals surface area contributed by atoms with Gasteiger partial charge in [-0.1, -0.05) is 6.07 Å². The van der Waals surface area contributed by atoms with Crippen molar-refractivity contribution in [2.24, 2.45) is 0 Å². The van der Waals surface area contributed by atoms with E-state index in [-0.39, 0.29) is 12.6 Å². The van der Waals surface area contributed by atoms with Crippen LogP contribution < -0.4 is 11.0 Å². The van der Waals surface area contributed by atoms with E-state index in [0.717, 1.165) is 4.68 Å². The van der Waals surface area contributed by atoms with Crippen LogP contribution in [0.2, 0.25) is 0 Å². The third kappa shape index (κ3) is 2.54. The first-order chi connectivity index (χ1) is 8.70. The summed E-state index contributed by atoms with van der Waals surface area (Å²) in [4.78, 5) is 29.1. The van der Waals surface area contributed by atoms with Crippen LogP contribution in [0.5, 0.6) is 0 Å². The van der Waals surface area contributed by atoms with E-state index in [0.29, 0.717) is 5.82 Å². The Morgan fingerprint density at radius 3 is 3.06 bits per heavy atom. The fourth-order valence-corrected chi connectivity index (χ4v) is 1.28. The predicted molar refractivity (Wildman–Crippen MR) is 62.6 cm³/mol. The monoisotopic (exact) mass is 249 g/mol. The van der Waals surface area contributed by atoms with Gasteiger partial charge in [0.15, 0.2) is 5.82 Å². The van der Waals surface area contributed by atoms with Gasteiger partial charge < -0.3 is 4.74 Å². The topological polar surface area (TPSA) is 102 Å². The Kier molecular flexibility index (Phi) is 3.37. The van der Waals surface area contributed by atoms with E-state index >= 15 is 0 Å². The molecule has 0 aliphatic heterocycles. The van der Waals surface area contributed by atoms with Crippen molar-refractivity contribution in [3.8, 4) is 5.82 Å². The van der Waals surface area contributed by atoms with Crippen LogP contribution in [0.4, 0.5) is 10.7 Å². The summed E-state index contributed by atoms with van der Waals surface area (Å²) in [5, 5.41) is 6.17. The number of aromatic amines is 1. The number of carbonyl (C=O) groups is 1. The van der Waals surface area contributed by atoms with Crippen LogP contribution in [0.3, 0.4) is 0 Å². The second-order valence-electron chi connectivity index (χ2n) is 3.22. The SMILES string of the molecule is CCOC(=O)Nc1nn(-c2ccccn2)c(=O)[nH]1. The molecule has 0 spiro atoms. The lowest BCUT2D eigenvalue weighted by Gasteiger charge is -2.00. The zero-order chi connectivity index (χ0) is 13.0. The van der Waals surface area contributed by atoms with Crippen LogP contribution in [0.1, 0.15) is 6.92 Å². The molecule has 94 valence electrons. The molecule has 0 saturated heterocycles. The molecule has 18 heavy (non-hydrogen) atoms. The molecule has 1 amide bonds. The van der Waals surface area contributed by atoms with Crippen molar-refractivity contribution in [1.29, 1.82) is 0 Å². The highest BCUT2D eigenvalue weighted by Gasteiger charge is 2.10. The highest BCUT2D eigenvalue weighted by molar-refractivity contribution is 5.82. The Labute approximate surface area is 102 Å². The lowest BCUT2D eigenvalue weighted by Crippen LogP contribution is -2.16. The summed E-state index contributed by atoms with van der Waals surface area (Å²) in [6, 6.07) is 5.07. The van der Waals surface area contributed by atoms with Crippen molar-refractivity contribution in [2.75, 3.05) is 11.9 Å². The maximum absolute atomic E-state index is 11.6. The molecule has 2 heterocycles. The smallest absolute Gasteiger partial charge is 0.414 e. The van der Waals surface area contributed by atoms with Crippen molar-refractivity contribution in [3.05, 3.63) is 34.9 Å². The molecular formula is C10H11N5O3. The van der Waals surface area contributed by atoms with Crippen molar-refractivity contribution < 1.29 is 9.53 Å². The number of amides is 1. The molecule has 0 fully saturated rings. The van der Waals surface area contributed by atoms with Crippen molar-refractivity contribution in [2.45, 2.75) is 6.92 Å². The Morgan fingerprint density at radius 2 is 2.39 bits per heavy atom. The number of hydrogen-bond donors (Lipinski definition) is 2. The van der Waals surface area contributed by atoms with Gasteiger partial charge in [0.25, 0.3) is 0 Å². The van der Waals surface area contributed by atoms with Gasteiger partial charge in [-0.15, -0.1) is 5.10 Å². The summed E-state index contributed by atoms with van der Waals surface area (Å²) in [7, 11) is 0. The summed E-state index contributed by atoms with van der Waals surface area (Å²) < 4.78 is 5.71. The largest absolute Gasteiger partial charge is 0.450 e. The van der Waals surface area contributed by atoms with E-state index in [1.54, 1.807) is 25.1 Å². The molecule has 8 heteroatoms. The lowest BCUT2D eigenvalue weighted by atomic mass is 10.5. The minimum absolute atomic E-state index is 0.00380. The fourth-order valence-electron chi connectivity index (χ4n) is 1.28. The minimum atomic E-state index is -0.681. The number of hydrogen-bond acceptors (Lipinski definition) is 5. The van der Waals surface area contributed by atoms with Gasteiger partial charge in [-0.2, -0.15) is 4.68 Å². The standard InChI is InChI=1S/C10H11N5O3/c1-2-18-10(17)13-8-12-9(16)15(14-8)7-5-3-4-6-11-7/h3-6H,2H2,1H3,(H2,12,13,14,16,17). The first-order valence-corrected chi connectivity index (χ1v) is 5.25. The number of anilines is 1. The second-order valence-corrected chi connectivity index (χ2v) is 3.22. The molecule has 0 unspecified atom stereocenters.